The van der Waals surface area contributed by atoms with E-state index in [1.165, 1.54) is 0 Å². The topological polar surface area (TPSA) is 84.0 Å². The second-order valence-electron chi connectivity index (χ2n) is 4.57. The summed E-state index contributed by atoms with van der Waals surface area (Å²) in [6.45, 7) is 1.94. The van der Waals surface area contributed by atoms with Crippen LogP contribution in [0.5, 0.6) is 0 Å². The van der Waals surface area contributed by atoms with E-state index in [9.17, 15) is 8.42 Å². The lowest BCUT2D eigenvalue weighted by Crippen LogP contribution is -2.17. The molecule has 0 aliphatic heterocycles. The number of sulfonamides is 1. The van der Waals surface area contributed by atoms with Crippen molar-refractivity contribution >= 4 is 27.3 Å². The first kappa shape index (κ1) is 15.2. The van der Waals surface area contributed by atoms with Gasteiger partial charge in [-0.1, -0.05) is 31.5 Å². The molecule has 0 aliphatic carbocycles. The molecule has 0 saturated heterocycles. The number of aromatic nitrogens is 2. The van der Waals surface area contributed by atoms with Gasteiger partial charge in [-0.3, -0.25) is 4.72 Å². The van der Waals surface area contributed by atoms with Crippen LogP contribution in [0, 0.1) is 0 Å². The fourth-order valence-electron chi connectivity index (χ4n) is 1.67. The van der Waals surface area contributed by atoms with E-state index in [0.717, 1.165) is 12.1 Å². The first-order valence-electron chi connectivity index (χ1n) is 6.75. The predicted molar refractivity (Wildman–Crippen MR) is 84.1 cm³/mol. The number of unbranched alkanes of at least 4 members (excludes halogenated alkanes) is 1. The Kier molecular flexibility index (Phi) is 5.10. The second kappa shape index (κ2) is 7.03. The first-order valence-corrected chi connectivity index (χ1v) is 8.40. The summed E-state index contributed by atoms with van der Waals surface area (Å²) in [6.07, 6.45) is 1.45. The van der Waals surface area contributed by atoms with Crippen molar-refractivity contribution in [3.05, 3.63) is 42.5 Å². The Morgan fingerprint density at radius 3 is 2.29 bits per heavy atom. The normalized spacial score (nSPS) is 11.1. The summed E-state index contributed by atoms with van der Waals surface area (Å²) in [4.78, 5) is 0. The number of benzene rings is 1. The molecule has 0 fully saturated rings. The van der Waals surface area contributed by atoms with Crippen LogP contribution in [0.15, 0.2) is 42.5 Å². The van der Waals surface area contributed by atoms with E-state index in [0.29, 0.717) is 12.2 Å². The number of hydrogen-bond donors (Lipinski definition) is 2. The lowest BCUT2D eigenvalue weighted by molar-refractivity contribution is 0.597. The van der Waals surface area contributed by atoms with Crippen LogP contribution < -0.4 is 10.0 Å². The smallest absolute Gasteiger partial charge is 0.233 e. The summed E-state index contributed by atoms with van der Waals surface area (Å²) in [5.74, 6) is 0.872. The lowest BCUT2D eigenvalue weighted by Gasteiger charge is -2.07. The van der Waals surface area contributed by atoms with Crippen molar-refractivity contribution in [2.24, 2.45) is 0 Å². The highest BCUT2D eigenvalue weighted by Gasteiger charge is 2.10. The highest BCUT2D eigenvalue weighted by molar-refractivity contribution is 7.92. The Morgan fingerprint density at radius 1 is 1.00 bits per heavy atom. The summed E-state index contributed by atoms with van der Waals surface area (Å²) < 4.78 is 25.9. The third kappa shape index (κ3) is 5.03. The van der Waals surface area contributed by atoms with Gasteiger partial charge in [-0.2, -0.15) is 0 Å². The zero-order valence-electron chi connectivity index (χ0n) is 11.8. The molecule has 0 spiro atoms. The van der Waals surface area contributed by atoms with Crippen LogP contribution in [0.1, 0.15) is 19.8 Å². The largest absolute Gasteiger partial charge is 0.339 e. The van der Waals surface area contributed by atoms with Crippen LogP contribution in [0.4, 0.5) is 17.3 Å². The minimum absolute atomic E-state index is 0.0925. The van der Waals surface area contributed by atoms with Crippen LogP contribution >= 0.6 is 0 Å². The summed E-state index contributed by atoms with van der Waals surface area (Å²) >= 11 is 0. The molecule has 0 bridgehead atoms. The van der Waals surface area contributed by atoms with Crippen molar-refractivity contribution in [1.29, 1.82) is 0 Å². The quantitative estimate of drug-likeness (QED) is 0.821. The Bertz CT molecular complexity index is 657. The van der Waals surface area contributed by atoms with Gasteiger partial charge < -0.3 is 5.32 Å². The van der Waals surface area contributed by atoms with Gasteiger partial charge in [0, 0.05) is 5.69 Å². The van der Waals surface area contributed by atoms with Gasteiger partial charge in [-0.05, 0) is 30.7 Å². The van der Waals surface area contributed by atoms with Gasteiger partial charge in [0.1, 0.15) is 0 Å². The fraction of sp³-hybridized carbons (Fsp3) is 0.286. The summed E-state index contributed by atoms with van der Waals surface area (Å²) in [7, 11) is -3.34. The average molecular weight is 306 g/mol. The zero-order chi connectivity index (χ0) is 15.1. The standard InChI is InChI=1S/C14H18N4O2S/c1-2-3-11-21(19,20)18-14-10-9-13(16-17-14)15-12-7-5-4-6-8-12/h4-10H,2-3,11H2,1H3,(H,15,16)(H,17,18). The van der Waals surface area contributed by atoms with E-state index in [1.54, 1.807) is 12.1 Å². The van der Waals surface area contributed by atoms with E-state index in [4.69, 9.17) is 0 Å². The monoisotopic (exact) mass is 306 g/mol. The van der Waals surface area contributed by atoms with Crippen molar-refractivity contribution < 1.29 is 8.42 Å². The van der Waals surface area contributed by atoms with Crippen molar-refractivity contribution in [1.82, 2.24) is 10.2 Å². The fourth-order valence-corrected chi connectivity index (χ4v) is 2.87. The van der Waals surface area contributed by atoms with Crippen molar-refractivity contribution in [3.63, 3.8) is 0 Å². The number of nitrogens with zero attached hydrogens (tertiary/aromatic N) is 2. The molecule has 0 saturated carbocycles. The summed E-state index contributed by atoms with van der Waals surface area (Å²) in [6, 6.07) is 12.8. The Labute approximate surface area is 124 Å². The number of hydrogen-bond acceptors (Lipinski definition) is 5. The number of nitrogens with one attached hydrogen (secondary N) is 2. The Balaban J connectivity index is 1.99. The van der Waals surface area contributed by atoms with Gasteiger partial charge in [-0.25, -0.2) is 8.42 Å². The molecule has 2 aromatic rings. The number of anilines is 3. The minimum atomic E-state index is -3.34. The van der Waals surface area contributed by atoms with Gasteiger partial charge in [0.05, 0.1) is 5.75 Å². The molecule has 1 aromatic carbocycles. The third-order valence-corrected chi connectivity index (χ3v) is 4.08. The summed E-state index contributed by atoms with van der Waals surface area (Å²) in [5, 5.41) is 10.9. The van der Waals surface area contributed by atoms with Crippen LogP contribution in [0.25, 0.3) is 0 Å². The molecule has 112 valence electrons. The van der Waals surface area contributed by atoms with E-state index in [-0.39, 0.29) is 11.6 Å². The number of para-hydroxylation sites is 1. The van der Waals surface area contributed by atoms with E-state index in [1.807, 2.05) is 37.3 Å². The highest BCUT2D eigenvalue weighted by atomic mass is 32.2. The average Bonchev–Trinajstić information content (AvgIpc) is 2.48. The SMILES string of the molecule is CCCCS(=O)(=O)Nc1ccc(Nc2ccccc2)nn1. The first-order chi connectivity index (χ1) is 10.1. The molecule has 2 N–H and O–H groups in total. The molecule has 1 aromatic heterocycles. The van der Waals surface area contributed by atoms with Gasteiger partial charge in [0.2, 0.25) is 10.0 Å². The molecule has 0 radical (unpaired) electrons. The molecule has 0 amide bonds. The molecule has 7 heteroatoms. The van der Waals surface area contributed by atoms with E-state index in [2.05, 4.69) is 20.2 Å². The van der Waals surface area contributed by atoms with Gasteiger partial charge in [0.25, 0.3) is 0 Å². The molecule has 2 rings (SSSR count). The number of rotatable bonds is 7. The Hall–Kier alpha value is -2.15. The van der Waals surface area contributed by atoms with E-state index >= 15 is 0 Å². The minimum Gasteiger partial charge on any atom is -0.339 e. The Morgan fingerprint density at radius 2 is 1.67 bits per heavy atom. The molecule has 0 unspecified atom stereocenters. The highest BCUT2D eigenvalue weighted by Crippen LogP contribution is 2.14. The van der Waals surface area contributed by atoms with Crippen molar-refractivity contribution in [2.75, 3.05) is 15.8 Å². The maximum atomic E-state index is 11.7. The van der Waals surface area contributed by atoms with Crippen molar-refractivity contribution in [3.8, 4) is 0 Å². The van der Waals surface area contributed by atoms with Gasteiger partial charge >= 0.3 is 0 Å². The van der Waals surface area contributed by atoms with Crippen LogP contribution in [-0.4, -0.2) is 24.4 Å². The van der Waals surface area contributed by atoms with E-state index < -0.39 is 10.0 Å². The summed E-state index contributed by atoms with van der Waals surface area (Å²) in [5.41, 5.74) is 0.892. The van der Waals surface area contributed by atoms with Gasteiger partial charge in [-0.15, -0.1) is 10.2 Å². The predicted octanol–water partition coefficient (Wildman–Crippen LogP) is 2.76. The molecule has 0 aliphatic rings. The van der Waals surface area contributed by atoms with Crippen LogP contribution in [-0.2, 0) is 10.0 Å². The van der Waals surface area contributed by atoms with Gasteiger partial charge in [0.15, 0.2) is 11.6 Å². The molecule has 1 heterocycles. The molecular formula is C14H18N4O2S. The maximum absolute atomic E-state index is 11.7. The molecular weight excluding hydrogens is 288 g/mol. The molecule has 21 heavy (non-hydrogen) atoms. The molecule has 6 nitrogen and oxygen atoms in total. The molecule has 0 atom stereocenters. The van der Waals surface area contributed by atoms with Crippen LogP contribution in [0.2, 0.25) is 0 Å². The maximum Gasteiger partial charge on any atom is 0.233 e. The lowest BCUT2D eigenvalue weighted by atomic mass is 10.3. The third-order valence-electron chi connectivity index (χ3n) is 2.74. The zero-order valence-corrected chi connectivity index (χ0v) is 12.6. The van der Waals surface area contributed by atoms with Crippen molar-refractivity contribution in [2.45, 2.75) is 19.8 Å². The second-order valence-corrected chi connectivity index (χ2v) is 6.41. The van der Waals surface area contributed by atoms with Crippen LogP contribution in [0.3, 0.4) is 0 Å².